The number of halogens is 1. The van der Waals surface area contributed by atoms with Crippen molar-refractivity contribution in [1.29, 1.82) is 0 Å². The van der Waals surface area contributed by atoms with Crippen LogP contribution in [0.2, 0.25) is 5.02 Å². The molecule has 0 fully saturated rings. The molecular weight excluding hydrogens is 298 g/mol. The molecule has 1 aromatic carbocycles. The highest BCUT2D eigenvalue weighted by atomic mass is 35.5. The molecule has 1 aromatic heterocycles. The number of fused-ring (bicyclic) bond motifs is 1. The summed E-state index contributed by atoms with van der Waals surface area (Å²) in [7, 11) is 0. The molecule has 3 rings (SSSR count). The largest absolute Gasteiger partial charge is 0.350 e. The van der Waals surface area contributed by atoms with E-state index in [2.05, 4.69) is 15.3 Å². The highest BCUT2D eigenvalue weighted by Gasteiger charge is 2.22. The van der Waals surface area contributed by atoms with E-state index in [-0.39, 0.29) is 5.91 Å². The van der Waals surface area contributed by atoms with Gasteiger partial charge < -0.3 is 5.32 Å². The summed E-state index contributed by atoms with van der Waals surface area (Å²) in [5.41, 5.74) is 3.76. The van der Waals surface area contributed by atoms with E-state index in [0.29, 0.717) is 18.1 Å². The predicted octanol–water partition coefficient (Wildman–Crippen LogP) is 2.90. The first-order valence-electron chi connectivity index (χ1n) is 7.52. The van der Waals surface area contributed by atoms with Crippen LogP contribution in [0, 0.1) is 6.92 Å². The first-order chi connectivity index (χ1) is 10.6. The topological polar surface area (TPSA) is 54.9 Å². The number of hydrogen-bond acceptors (Lipinski definition) is 3. The van der Waals surface area contributed by atoms with E-state index in [0.717, 1.165) is 47.5 Å². The van der Waals surface area contributed by atoms with Crippen molar-refractivity contribution >= 4 is 17.5 Å². The van der Waals surface area contributed by atoms with Gasteiger partial charge in [0.2, 0.25) is 0 Å². The van der Waals surface area contributed by atoms with Gasteiger partial charge in [0.15, 0.2) is 0 Å². The van der Waals surface area contributed by atoms with Crippen LogP contribution in [-0.2, 0) is 19.3 Å². The van der Waals surface area contributed by atoms with Gasteiger partial charge in [-0.05, 0) is 50.3 Å². The van der Waals surface area contributed by atoms with Crippen LogP contribution in [0.4, 0.5) is 0 Å². The van der Waals surface area contributed by atoms with Gasteiger partial charge in [-0.2, -0.15) is 0 Å². The second kappa shape index (κ2) is 6.44. The third-order valence-electron chi connectivity index (χ3n) is 3.87. The number of benzene rings is 1. The lowest BCUT2D eigenvalue weighted by atomic mass is 10.1. The summed E-state index contributed by atoms with van der Waals surface area (Å²) < 4.78 is 0. The normalized spacial score (nSPS) is 13.0. The Kier molecular flexibility index (Phi) is 4.39. The van der Waals surface area contributed by atoms with E-state index in [1.54, 1.807) is 0 Å². The van der Waals surface area contributed by atoms with Gasteiger partial charge in [0, 0.05) is 22.8 Å². The molecule has 1 aliphatic carbocycles. The minimum Gasteiger partial charge on any atom is -0.350 e. The number of amides is 1. The zero-order chi connectivity index (χ0) is 15.5. The van der Waals surface area contributed by atoms with Gasteiger partial charge in [-0.3, -0.25) is 4.79 Å². The number of rotatable bonds is 4. The number of nitrogens with zero attached hydrogens (tertiary/aromatic N) is 2. The van der Waals surface area contributed by atoms with Crippen LogP contribution in [-0.4, -0.2) is 22.4 Å². The molecule has 1 aliphatic rings. The van der Waals surface area contributed by atoms with Crippen molar-refractivity contribution in [2.24, 2.45) is 0 Å². The fourth-order valence-corrected chi connectivity index (χ4v) is 2.92. The van der Waals surface area contributed by atoms with E-state index in [4.69, 9.17) is 11.6 Å². The van der Waals surface area contributed by atoms with Crippen LogP contribution in [0.5, 0.6) is 0 Å². The highest BCUT2D eigenvalue weighted by Crippen LogP contribution is 2.22. The average molecular weight is 316 g/mol. The number of nitrogens with one attached hydrogen (secondary N) is 1. The number of aryl methyl sites for hydroxylation is 2. The van der Waals surface area contributed by atoms with Crippen molar-refractivity contribution in [1.82, 2.24) is 15.3 Å². The maximum atomic E-state index is 12.4. The van der Waals surface area contributed by atoms with Crippen LogP contribution in [0.25, 0.3) is 0 Å². The van der Waals surface area contributed by atoms with Gasteiger partial charge in [-0.25, -0.2) is 9.97 Å². The highest BCUT2D eigenvalue weighted by molar-refractivity contribution is 6.30. The van der Waals surface area contributed by atoms with E-state index in [1.165, 1.54) is 0 Å². The molecule has 1 N–H and O–H groups in total. The molecule has 2 aromatic rings. The summed E-state index contributed by atoms with van der Waals surface area (Å²) in [6.45, 7) is 2.42. The second-order valence-corrected chi connectivity index (χ2v) is 5.97. The van der Waals surface area contributed by atoms with Crippen LogP contribution >= 0.6 is 11.6 Å². The summed E-state index contributed by atoms with van der Waals surface area (Å²) in [6, 6.07) is 7.67. The molecule has 1 heterocycles. The Balaban J connectivity index is 1.64. The Morgan fingerprint density at radius 1 is 1.23 bits per heavy atom. The standard InChI is InChI=1S/C17H18ClN3O/c1-11-20-15-4-2-3-14(15)16(21-11)17(22)19-10-9-12-5-7-13(18)8-6-12/h5-8H,2-4,9-10H2,1H3,(H,19,22). The van der Waals surface area contributed by atoms with Crippen LogP contribution < -0.4 is 5.32 Å². The molecule has 1 amide bonds. The van der Waals surface area contributed by atoms with E-state index >= 15 is 0 Å². The Bertz CT molecular complexity index is 698. The van der Waals surface area contributed by atoms with Crippen LogP contribution in [0.1, 0.15) is 39.6 Å². The lowest BCUT2D eigenvalue weighted by Crippen LogP contribution is -2.28. The number of carbonyl (C=O) groups excluding carboxylic acids is 1. The maximum Gasteiger partial charge on any atom is 0.270 e. The zero-order valence-electron chi connectivity index (χ0n) is 12.5. The van der Waals surface area contributed by atoms with Crippen molar-refractivity contribution in [3.8, 4) is 0 Å². The molecule has 0 saturated carbocycles. The van der Waals surface area contributed by atoms with E-state index in [1.807, 2.05) is 31.2 Å². The summed E-state index contributed by atoms with van der Waals surface area (Å²) in [5, 5.41) is 3.68. The number of hydrogen-bond donors (Lipinski definition) is 1. The number of carbonyl (C=O) groups is 1. The SMILES string of the molecule is Cc1nc2c(c(C(=O)NCCc3ccc(Cl)cc3)n1)CCC2. The molecule has 114 valence electrons. The van der Waals surface area contributed by atoms with Gasteiger partial charge in [-0.15, -0.1) is 0 Å². The lowest BCUT2D eigenvalue weighted by Gasteiger charge is -2.09. The predicted molar refractivity (Wildman–Crippen MR) is 86.3 cm³/mol. The van der Waals surface area contributed by atoms with Crippen molar-refractivity contribution in [2.75, 3.05) is 6.54 Å². The fraction of sp³-hybridized carbons (Fsp3) is 0.353. The molecular formula is C17H18ClN3O. The lowest BCUT2D eigenvalue weighted by molar-refractivity contribution is 0.0947. The Labute approximate surface area is 134 Å². The minimum absolute atomic E-state index is 0.0994. The minimum atomic E-state index is -0.0994. The third-order valence-corrected chi connectivity index (χ3v) is 4.12. The summed E-state index contributed by atoms with van der Waals surface area (Å²) >= 11 is 5.86. The monoisotopic (exact) mass is 315 g/mol. The average Bonchev–Trinajstić information content (AvgIpc) is 2.96. The van der Waals surface area contributed by atoms with Crippen LogP contribution in [0.15, 0.2) is 24.3 Å². The molecule has 0 aliphatic heterocycles. The fourth-order valence-electron chi connectivity index (χ4n) is 2.80. The third kappa shape index (κ3) is 3.28. The molecule has 0 unspecified atom stereocenters. The Hall–Kier alpha value is -1.94. The van der Waals surface area contributed by atoms with E-state index < -0.39 is 0 Å². The molecule has 0 spiro atoms. The Morgan fingerprint density at radius 3 is 2.77 bits per heavy atom. The molecule has 0 radical (unpaired) electrons. The second-order valence-electron chi connectivity index (χ2n) is 5.53. The summed E-state index contributed by atoms with van der Waals surface area (Å²) in [6.07, 6.45) is 3.67. The van der Waals surface area contributed by atoms with Gasteiger partial charge >= 0.3 is 0 Å². The maximum absolute atomic E-state index is 12.4. The Morgan fingerprint density at radius 2 is 2.00 bits per heavy atom. The molecule has 0 atom stereocenters. The van der Waals surface area contributed by atoms with Crippen molar-refractivity contribution in [3.63, 3.8) is 0 Å². The molecule has 4 nitrogen and oxygen atoms in total. The molecule has 22 heavy (non-hydrogen) atoms. The summed E-state index contributed by atoms with van der Waals surface area (Å²) in [4.78, 5) is 21.1. The smallest absolute Gasteiger partial charge is 0.270 e. The van der Waals surface area contributed by atoms with Crippen LogP contribution in [0.3, 0.4) is 0 Å². The van der Waals surface area contributed by atoms with Crippen molar-refractivity contribution < 1.29 is 4.79 Å². The van der Waals surface area contributed by atoms with Gasteiger partial charge in [0.25, 0.3) is 5.91 Å². The van der Waals surface area contributed by atoms with Gasteiger partial charge in [0.1, 0.15) is 11.5 Å². The van der Waals surface area contributed by atoms with Crippen molar-refractivity contribution in [2.45, 2.75) is 32.6 Å². The quantitative estimate of drug-likeness (QED) is 0.944. The molecule has 5 heteroatoms. The molecule has 0 saturated heterocycles. The zero-order valence-corrected chi connectivity index (χ0v) is 13.3. The van der Waals surface area contributed by atoms with E-state index in [9.17, 15) is 4.79 Å². The molecule has 0 bridgehead atoms. The van der Waals surface area contributed by atoms with Crippen molar-refractivity contribution in [3.05, 3.63) is 57.6 Å². The first-order valence-corrected chi connectivity index (χ1v) is 7.90. The van der Waals surface area contributed by atoms with Gasteiger partial charge in [0.05, 0.1) is 0 Å². The summed E-state index contributed by atoms with van der Waals surface area (Å²) in [5.74, 6) is 0.570. The number of aromatic nitrogens is 2. The van der Waals surface area contributed by atoms with Gasteiger partial charge in [-0.1, -0.05) is 23.7 Å². The first kappa shape index (κ1) is 15.0.